The molecule has 0 atom stereocenters. The summed E-state index contributed by atoms with van der Waals surface area (Å²) in [6.45, 7) is 0. The first-order valence-electron chi connectivity index (χ1n) is 13.4. The second-order valence-electron chi connectivity index (χ2n) is 10.3. The summed E-state index contributed by atoms with van der Waals surface area (Å²) in [4.78, 5) is 36.3. The number of rotatable bonds is 0. The van der Waals surface area contributed by atoms with Gasteiger partial charge < -0.3 is 9.97 Å². The van der Waals surface area contributed by atoms with Crippen LogP contribution in [0.1, 0.15) is 0 Å². The van der Waals surface area contributed by atoms with Crippen molar-refractivity contribution >= 4 is 90.5 Å². The summed E-state index contributed by atoms with van der Waals surface area (Å²) < 4.78 is 0. The zero-order valence-corrected chi connectivity index (χ0v) is 26.5. The number of hydrogen-bond donors (Lipinski definition) is 2. The van der Waals surface area contributed by atoms with Crippen molar-refractivity contribution in [1.29, 1.82) is 0 Å². The average Bonchev–Trinajstić information content (AvgIpc) is 3.78. The van der Waals surface area contributed by atoms with E-state index in [0.29, 0.717) is 56.7 Å². The Morgan fingerprint density at radius 3 is 1.07 bits per heavy atom. The first-order valence-corrected chi connectivity index (χ1v) is 14.9. The van der Waals surface area contributed by atoms with Gasteiger partial charge in [-0.05, 0) is 0 Å². The quantitative estimate of drug-likeness (QED) is 0.0922. The Morgan fingerprint density at radius 2 is 0.689 bits per heavy atom. The second kappa shape index (κ2) is 10.5. The third-order valence-corrected chi connectivity index (χ3v) is 9.57. The SMILES string of the molecule is Clc1c(Cl)c(Cl)c2c3nc4nc(nc5[nH]c(nc6nc(nc([nH]3)c2c1Cl)-c1ccccc1-6)c1ccccc51)-c1ccccc1-4.[Ni]. The summed E-state index contributed by atoms with van der Waals surface area (Å²) >= 11 is 26.7. The molecule has 0 fully saturated rings. The van der Waals surface area contributed by atoms with Gasteiger partial charge in [-0.25, -0.2) is 29.9 Å². The van der Waals surface area contributed by atoms with E-state index in [1.807, 2.05) is 72.8 Å². The molecular weight excluding hydrogens is 697 g/mol. The molecular formula is C32H14Cl4N8Ni. The summed E-state index contributed by atoms with van der Waals surface area (Å²) in [5.74, 6) is 1.85. The minimum atomic E-state index is 0. The standard InChI is InChI=1S/C32H14Cl4N8.Ni/c33-21-19-20(22(34)24(36)23(21)35)32-43-30-18-12-6-4-10-16(18)28(41-30)39-26-14-8-2-1-7-13(14)25(37-26)38-27-15-9-3-5-11-17(15)29(40-27)42-31(19)44-32;/h1-12H,(H2,37,38,39,40,41,42,43,44);. The summed E-state index contributed by atoms with van der Waals surface area (Å²) in [6, 6.07) is 23.4. The number of aromatic amines is 2. The maximum atomic E-state index is 6.80. The van der Waals surface area contributed by atoms with Gasteiger partial charge >= 0.3 is 0 Å². The zero-order valence-electron chi connectivity index (χ0n) is 22.4. The van der Waals surface area contributed by atoms with E-state index in [1.165, 1.54) is 0 Å². The van der Waals surface area contributed by atoms with Crippen molar-refractivity contribution in [2.45, 2.75) is 0 Å². The molecule has 0 amide bonds. The van der Waals surface area contributed by atoms with Crippen molar-refractivity contribution in [3.8, 4) is 45.6 Å². The molecule has 0 unspecified atom stereocenters. The van der Waals surface area contributed by atoms with Gasteiger partial charge in [-0.1, -0.05) is 119 Å². The van der Waals surface area contributed by atoms with Crippen LogP contribution >= 0.6 is 46.4 Å². The van der Waals surface area contributed by atoms with E-state index >= 15 is 0 Å². The third-order valence-electron chi connectivity index (χ3n) is 7.76. The average molecular weight is 711 g/mol. The monoisotopic (exact) mass is 708 g/mol. The van der Waals surface area contributed by atoms with Crippen molar-refractivity contribution < 1.29 is 16.5 Å². The molecule has 2 aliphatic heterocycles. The summed E-state index contributed by atoms with van der Waals surface area (Å²) in [5.41, 5.74) is 5.20. The predicted octanol–water partition coefficient (Wildman–Crippen LogP) is 9.48. The van der Waals surface area contributed by atoms with Gasteiger partial charge in [0.25, 0.3) is 0 Å². The van der Waals surface area contributed by atoms with E-state index in [4.69, 9.17) is 76.3 Å². The van der Waals surface area contributed by atoms with Gasteiger partial charge in [-0.2, -0.15) is 0 Å². The molecule has 220 valence electrons. The molecule has 0 spiro atoms. The van der Waals surface area contributed by atoms with Crippen LogP contribution < -0.4 is 0 Å². The Labute approximate surface area is 283 Å². The van der Waals surface area contributed by atoms with Gasteiger partial charge in [0.2, 0.25) is 0 Å². The molecule has 8 bridgehead atoms. The van der Waals surface area contributed by atoms with Crippen LogP contribution in [0.4, 0.5) is 0 Å². The minimum Gasteiger partial charge on any atom is -0.324 e. The van der Waals surface area contributed by atoms with Crippen molar-refractivity contribution in [2.24, 2.45) is 0 Å². The number of hydrogen-bond acceptors (Lipinski definition) is 6. The fourth-order valence-corrected chi connectivity index (χ4v) is 6.78. The van der Waals surface area contributed by atoms with E-state index < -0.39 is 0 Å². The molecule has 9 rings (SSSR count). The second-order valence-corrected chi connectivity index (χ2v) is 11.8. The molecule has 0 radical (unpaired) electrons. The van der Waals surface area contributed by atoms with Crippen LogP contribution in [0.25, 0.3) is 89.7 Å². The number of halogens is 4. The zero-order chi connectivity index (χ0) is 29.7. The van der Waals surface area contributed by atoms with Crippen LogP contribution in [-0.2, 0) is 16.5 Å². The predicted molar refractivity (Wildman–Crippen MR) is 176 cm³/mol. The molecule has 2 aliphatic rings. The maximum absolute atomic E-state index is 6.80. The molecule has 8 nitrogen and oxygen atoms in total. The molecule has 0 saturated carbocycles. The number of benzene rings is 4. The van der Waals surface area contributed by atoms with Crippen LogP contribution in [-0.4, -0.2) is 39.9 Å². The fraction of sp³-hybridized carbons (Fsp3) is 0. The van der Waals surface area contributed by atoms with Gasteiger partial charge in [0.05, 0.1) is 30.9 Å². The van der Waals surface area contributed by atoms with E-state index in [1.54, 1.807) is 0 Å². The Hall–Kier alpha value is -4.11. The Morgan fingerprint density at radius 1 is 0.378 bits per heavy atom. The number of fused-ring (bicyclic) bond motifs is 20. The van der Waals surface area contributed by atoms with Crippen molar-refractivity contribution in [3.63, 3.8) is 0 Å². The van der Waals surface area contributed by atoms with Gasteiger partial charge in [0.1, 0.15) is 22.6 Å². The Kier molecular flexibility index (Phi) is 6.61. The molecule has 0 saturated heterocycles. The number of H-pyrrole nitrogens is 2. The first kappa shape index (κ1) is 28.4. The topological polar surface area (TPSA) is 109 Å². The van der Waals surface area contributed by atoms with Crippen LogP contribution in [0, 0.1) is 0 Å². The van der Waals surface area contributed by atoms with Crippen molar-refractivity contribution in [1.82, 2.24) is 39.9 Å². The molecule has 7 aromatic rings. The molecule has 13 heteroatoms. The molecule has 5 heterocycles. The first-order chi connectivity index (χ1) is 21.5. The number of aromatic nitrogens is 8. The van der Waals surface area contributed by atoms with E-state index in [9.17, 15) is 0 Å². The Bertz CT molecular complexity index is 2410. The molecule has 0 aliphatic carbocycles. The fourth-order valence-electron chi connectivity index (χ4n) is 5.75. The largest absolute Gasteiger partial charge is 0.324 e. The molecule has 2 N–H and O–H groups in total. The van der Waals surface area contributed by atoms with Crippen molar-refractivity contribution in [2.75, 3.05) is 0 Å². The Balaban J connectivity index is 0.00000300. The van der Waals surface area contributed by atoms with E-state index in [0.717, 1.165) is 33.0 Å². The summed E-state index contributed by atoms with van der Waals surface area (Å²) in [5, 5.41) is 3.31. The van der Waals surface area contributed by atoms with Gasteiger partial charge in [-0.3, -0.25) is 0 Å². The maximum Gasteiger partial charge on any atom is 0.164 e. The van der Waals surface area contributed by atoms with E-state index in [2.05, 4.69) is 9.97 Å². The van der Waals surface area contributed by atoms with Gasteiger partial charge in [-0.15, -0.1) is 0 Å². The van der Waals surface area contributed by atoms with E-state index in [-0.39, 0.29) is 36.6 Å². The normalized spacial score (nSPS) is 11.8. The van der Waals surface area contributed by atoms with Crippen LogP contribution in [0.15, 0.2) is 72.8 Å². The van der Waals surface area contributed by atoms with Gasteiger partial charge in [0, 0.05) is 49.5 Å². The smallest absolute Gasteiger partial charge is 0.164 e. The molecule has 45 heavy (non-hydrogen) atoms. The van der Waals surface area contributed by atoms with Crippen LogP contribution in [0.2, 0.25) is 20.1 Å². The third kappa shape index (κ3) is 4.19. The minimum absolute atomic E-state index is 0. The van der Waals surface area contributed by atoms with Crippen molar-refractivity contribution in [3.05, 3.63) is 92.9 Å². The van der Waals surface area contributed by atoms with Crippen LogP contribution in [0.3, 0.4) is 0 Å². The van der Waals surface area contributed by atoms with Gasteiger partial charge in [0.15, 0.2) is 23.3 Å². The summed E-state index contributed by atoms with van der Waals surface area (Å²) in [6.07, 6.45) is 0. The summed E-state index contributed by atoms with van der Waals surface area (Å²) in [7, 11) is 0. The molecule has 4 aromatic carbocycles. The van der Waals surface area contributed by atoms with Crippen LogP contribution in [0.5, 0.6) is 0 Å². The number of nitrogens with zero attached hydrogens (tertiary/aromatic N) is 6. The number of nitrogens with one attached hydrogen (secondary N) is 2. The molecule has 3 aromatic heterocycles.